The number of hydrogen-bond donors (Lipinski definition) is 1. The molecule has 2 N–H and O–H groups in total. The number of nitrogens with zero attached hydrogens (tertiary/aromatic N) is 3. The van der Waals surface area contributed by atoms with Gasteiger partial charge < -0.3 is 15.2 Å². The van der Waals surface area contributed by atoms with E-state index in [0.29, 0.717) is 11.5 Å². The van der Waals surface area contributed by atoms with Crippen molar-refractivity contribution >= 4 is 23.5 Å². The summed E-state index contributed by atoms with van der Waals surface area (Å²) in [6.45, 7) is 2.00. The Bertz CT molecular complexity index is 1390. The number of carbonyl (C=O) groups excluding carboxylic acids is 2. The van der Waals surface area contributed by atoms with Gasteiger partial charge in [-0.3, -0.25) is 4.79 Å². The van der Waals surface area contributed by atoms with E-state index < -0.39 is 23.6 Å². The molecular weight excluding hydrogens is 513 g/mol. The molecule has 0 aromatic heterocycles. The van der Waals surface area contributed by atoms with E-state index >= 15 is 0 Å². The minimum absolute atomic E-state index is 0.221. The number of esters is 1. The summed E-state index contributed by atoms with van der Waals surface area (Å²) in [4.78, 5) is 28.0. The molecule has 1 unspecified atom stereocenters. The fourth-order valence-electron chi connectivity index (χ4n) is 3.97. The summed E-state index contributed by atoms with van der Waals surface area (Å²) in [6, 6.07) is 20.4. The number of aliphatic imine (C=N–C) groups is 1. The van der Waals surface area contributed by atoms with E-state index in [0.717, 1.165) is 29.3 Å². The Balaban J connectivity index is 1.58. The Hall–Kier alpha value is -4.67. The maximum atomic E-state index is 13.1. The van der Waals surface area contributed by atoms with Crippen molar-refractivity contribution in [3.8, 4) is 5.75 Å². The van der Waals surface area contributed by atoms with Gasteiger partial charge in [-0.05, 0) is 60.5 Å². The smallest absolute Gasteiger partial charge is 0.416 e. The highest BCUT2D eigenvalue weighted by Gasteiger charge is 2.32. The van der Waals surface area contributed by atoms with Gasteiger partial charge >= 0.3 is 12.1 Å². The minimum atomic E-state index is -4.60. The van der Waals surface area contributed by atoms with Gasteiger partial charge in [-0.1, -0.05) is 36.4 Å². The lowest BCUT2D eigenvalue weighted by Crippen LogP contribution is -2.33. The van der Waals surface area contributed by atoms with Gasteiger partial charge in [0.1, 0.15) is 5.75 Å². The monoisotopic (exact) mass is 538 g/mol. The van der Waals surface area contributed by atoms with Crippen molar-refractivity contribution in [3.05, 3.63) is 101 Å². The Morgan fingerprint density at radius 2 is 1.77 bits per heavy atom. The van der Waals surface area contributed by atoms with Crippen molar-refractivity contribution < 1.29 is 32.2 Å². The molecule has 0 saturated heterocycles. The fourth-order valence-corrected chi connectivity index (χ4v) is 3.97. The van der Waals surface area contributed by atoms with Crippen LogP contribution in [0.15, 0.2) is 89.0 Å². The van der Waals surface area contributed by atoms with Gasteiger partial charge in [-0.25, -0.2) is 9.80 Å². The molecule has 4 rings (SSSR count). The zero-order chi connectivity index (χ0) is 28.0. The molecule has 0 saturated carbocycles. The summed E-state index contributed by atoms with van der Waals surface area (Å²) in [5.41, 5.74) is 7.23. The van der Waals surface area contributed by atoms with Gasteiger partial charge in [0.05, 0.1) is 24.4 Å². The molecule has 0 bridgehead atoms. The van der Waals surface area contributed by atoms with Crippen molar-refractivity contribution in [2.75, 3.05) is 19.8 Å². The van der Waals surface area contributed by atoms with E-state index in [1.165, 1.54) is 11.1 Å². The third-order valence-electron chi connectivity index (χ3n) is 5.85. The molecule has 3 aromatic rings. The lowest BCUT2D eigenvalue weighted by molar-refractivity contribution is -0.145. The number of alkyl halides is 3. The van der Waals surface area contributed by atoms with E-state index in [1.54, 1.807) is 31.2 Å². The maximum Gasteiger partial charge on any atom is 0.416 e. The van der Waals surface area contributed by atoms with E-state index in [9.17, 15) is 22.8 Å². The molecule has 11 heteroatoms. The van der Waals surface area contributed by atoms with Crippen LogP contribution < -0.4 is 10.5 Å². The normalized spacial score (nSPS) is 15.6. The molecule has 1 aliphatic rings. The second kappa shape index (κ2) is 11.8. The van der Waals surface area contributed by atoms with Crippen LogP contribution in [0.5, 0.6) is 5.75 Å². The minimum Gasteiger partial charge on any atom is -0.482 e. The van der Waals surface area contributed by atoms with Gasteiger partial charge in [0.25, 0.3) is 5.91 Å². The van der Waals surface area contributed by atoms with Crippen molar-refractivity contribution in [2.24, 2.45) is 15.8 Å². The molecule has 0 fully saturated rings. The van der Waals surface area contributed by atoms with Crippen molar-refractivity contribution in [2.45, 2.75) is 19.0 Å². The molecule has 8 nitrogen and oxygen atoms in total. The average Bonchev–Trinajstić information content (AvgIpc) is 3.38. The fraction of sp³-hybridized carbons (Fsp3) is 0.214. The van der Waals surface area contributed by atoms with Gasteiger partial charge in [-0.15, -0.1) is 0 Å². The van der Waals surface area contributed by atoms with Crippen molar-refractivity contribution in [1.29, 1.82) is 0 Å². The zero-order valence-electron chi connectivity index (χ0n) is 20.9. The number of hydrogen-bond acceptors (Lipinski definition) is 5. The summed E-state index contributed by atoms with van der Waals surface area (Å²) in [7, 11) is 0. The van der Waals surface area contributed by atoms with Crippen molar-refractivity contribution in [1.82, 2.24) is 5.01 Å². The first kappa shape index (κ1) is 27.4. The van der Waals surface area contributed by atoms with Crippen LogP contribution in [0.25, 0.3) is 0 Å². The van der Waals surface area contributed by atoms with E-state index in [2.05, 4.69) is 10.1 Å². The molecule has 202 valence electrons. The molecule has 3 aromatic carbocycles. The first-order valence-electron chi connectivity index (χ1n) is 12.0. The average molecular weight is 539 g/mol. The first-order chi connectivity index (χ1) is 18.7. The summed E-state index contributed by atoms with van der Waals surface area (Å²) in [5, 5.41) is 5.95. The number of hydrazone groups is 1. The number of nitrogens with two attached hydrogens (primary N) is 1. The quantitative estimate of drug-likeness (QED) is 0.268. The predicted octanol–water partition coefficient (Wildman–Crippen LogP) is 4.61. The number of amides is 1. The van der Waals surface area contributed by atoms with Crippen molar-refractivity contribution in [3.63, 3.8) is 0 Å². The molecule has 39 heavy (non-hydrogen) atoms. The van der Waals surface area contributed by atoms with Gasteiger partial charge in [-0.2, -0.15) is 23.3 Å². The summed E-state index contributed by atoms with van der Waals surface area (Å²) >= 11 is 0. The summed E-state index contributed by atoms with van der Waals surface area (Å²) in [6.07, 6.45) is -4.60. The predicted molar refractivity (Wildman–Crippen MR) is 138 cm³/mol. The van der Waals surface area contributed by atoms with Crippen LogP contribution in [-0.4, -0.2) is 48.3 Å². The Morgan fingerprint density at radius 3 is 2.44 bits per heavy atom. The topological polar surface area (TPSA) is 107 Å². The number of benzene rings is 3. The summed E-state index contributed by atoms with van der Waals surface area (Å²) < 4.78 is 49.5. The van der Waals surface area contributed by atoms with E-state index in [1.807, 2.05) is 30.3 Å². The van der Waals surface area contributed by atoms with Gasteiger partial charge in [0.2, 0.25) is 5.96 Å². The summed E-state index contributed by atoms with van der Waals surface area (Å²) in [5.74, 6) is -1.42. The molecule has 0 radical (unpaired) electrons. The SMILES string of the molecule is CCOC(=O)COc1ccc(C2=NN(C(N)=NC(=O)c3cccc(C(F)(F)F)c3)CC2c2ccccc2)cc1. The second-order valence-corrected chi connectivity index (χ2v) is 8.50. The Labute approximate surface area is 222 Å². The highest BCUT2D eigenvalue weighted by Crippen LogP contribution is 2.31. The lowest BCUT2D eigenvalue weighted by atomic mass is 9.90. The third-order valence-corrected chi connectivity index (χ3v) is 5.85. The van der Waals surface area contributed by atoms with Gasteiger partial charge in [0.15, 0.2) is 6.61 Å². The Kier molecular flexibility index (Phi) is 8.28. The number of carbonyl (C=O) groups is 2. The van der Waals surface area contributed by atoms with Crippen LogP contribution in [0.1, 0.15) is 39.9 Å². The first-order valence-corrected chi connectivity index (χ1v) is 12.0. The maximum absolute atomic E-state index is 13.1. The zero-order valence-corrected chi connectivity index (χ0v) is 20.9. The van der Waals surface area contributed by atoms with Crippen LogP contribution in [0.4, 0.5) is 13.2 Å². The highest BCUT2D eigenvalue weighted by atomic mass is 19.4. The molecular formula is C28H25F3N4O4. The van der Waals surface area contributed by atoms with Crippen LogP contribution in [0.3, 0.4) is 0 Å². The third kappa shape index (κ3) is 6.81. The Morgan fingerprint density at radius 1 is 1.05 bits per heavy atom. The molecule has 1 amide bonds. The standard InChI is InChI=1S/C28H25F3N4O4/c1-2-38-24(36)17-39-22-13-11-19(12-14-22)25-23(18-7-4-3-5-8-18)16-35(34-25)27(32)33-26(37)20-9-6-10-21(15-20)28(29,30)31/h3-15,23H,2,16-17H2,1H3,(H2,32,33,37). The number of rotatable bonds is 7. The molecule has 1 atom stereocenters. The van der Waals surface area contributed by atoms with E-state index in [4.69, 9.17) is 15.2 Å². The molecule has 0 aliphatic carbocycles. The second-order valence-electron chi connectivity index (χ2n) is 8.50. The number of guanidine groups is 1. The van der Waals surface area contributed by atoms with Gasteiger partial charge in [0, 0.05) is 11.5 Å². The number of halogens is 3. The van der Waals surface area contributed by atoms with Crippen LogP contribution in [-0.2, 0) is 15.7 Å². The van der Waals surface area contributed by atoms with Crippen LogP contribution in [0.2, 0.25) is 0 Å². The molecule has 0 spiro atoms. The van der Waals surface area contributed by atoms with E-state index in [-0.39, 0.29) is 37.2 Å². The largest absolute Gasteiger partial charge is 0.482 e. The number of ether oxygens (including phenoxy) is 2. The van der Waals surface area contributed by atoms with Crippen LogP contribution in [0, 0.1) is 0 Å². The lowest BCUT2D eigenvalue weighted by Gasteiger charge is -2.15. The highest BCUT2D eigenvalue weighted by molar-refractivity contribution is 6.08. The molecule has 1 aliphatic heterocycles. The molecule has 1 heterocycles. The van der Waals surface area contributed by atoms with Crippen LogP contribution >= 0.6 is 0 Å².